The predicted octanol–water partition coefficient (Wildman–Crippen LogP) is 3.88. The van der Waals surface area contributed by atoms with E-state index in [0.29, 0.717) is 30.0 Å². The molecule has 4 aromatic rings. The Balaban J connectivity index is 1.65. The molecule has 0 radical (unpaired) electrons. The molecule has 1 saturated heterocycles. The summed E-state index contributed by atoms with van der Waals surface area (Å²) in [5, 5.41) is 4.73. The van der Waals surface area contributed by atoms with Crippen LogP contribution in [0.25, 0.3) is 27.8 Å². The number of ether oxygens (including phenoxy) is 1. The summed E-state index contributed by atoms with van der Waals surface area (Å²) in [7, 11) is 0. The molecule has 1 atom stereocenters. The van der Waals surface area contributed by atoms with E-state index in [1.165, 1.54) is 12.3 Å². The number of para-hydroxylation sites is 1. The third-order valence-corrected chi connectivity index (χ3v) is 5.59. The summed E-state index contributed by atoms with van der Waals surface area (Å²) in [5.41, 5.74) is 1.72. The van der Waals surface area contributed by atoms with Crippen LogP contribution in [0.2, 0.25) is 0 Å². The molecule has 0 saturated carbocycles. The lowest BCUT2D eigenvalue weighted by Gasteiger charge is -2.35. The van der Waals surface area contributed by atoms with E-state index >= 15 is 0 Å². The first-order chi connectivity index (χ1) is 15.0. The quantitative estimate of drug-likeness (QED) is 0.544. The minimum absolute atomic E-state index is 0.256. The van der Waals surface area contributed by atoms with E-state index in [1.54, 1.807) is 6.07 Å². The smallest absolute Gasteiger partial charge is 0.259 e. The number of fused-ring (bicyclic) bond motifs is 1. The maximum Gasteiger partial charge on any atom is 0.259 e. The Bertz CT molecular complexity index is 1290. The summed E-state index contributed by atoms with van der Waals surface area (Å²) < 4.78 is 35.6. The number of hydrogen-bond donors (Lipinski definition) is 1. The van der Waals surface area contributed by atoms with Gasteiger partial charge in [0, 0.05) is 30.0 Å². The number of aromatic amines is 1. The first-order valence-electron chi connectivity index (χ1n) is 10.0. The van der Waals surface area contributed by atoms with Crippen molar-refractivity contribution in [1.82, 2.24) is 14.8 Å². The highest BCUT2D eigenvalue weighted by Crippen LogP contribution is 2.31. The number of halogens is 2. The van der Waals surface area contributed by atoms with Crippen LogP contribution in [-0.2, 0) is 4.74 Å². The molecule has 0 aliphatic carbocycles. The summed E-state index contributed by atoms with van der Waals surface area (Å²) >= 11 is 0. The first kappa shape index (κ1) is 19.4. The van der Waals surface area contributed by atoms with Crippen molar-refractivity contribution in [2.24, 2.45) is 0 Å². The molecule has 2 aromatic carbocycles. The van der Waals surface area contributed by atoms with Crippen molar-refractivity contribution in [2.75, 3.05) is 24.7 Å². The molecular formula is C23H20F2N4O2. The van der Waals surface area contributed by atoms with Crippen LogP contribution in [0.3, 0.4) is 0 Å². The van der Waals surface area contributed by atoms with Crippen molar-refractivity contribution < 1.29 is 13.5 Å². The van der Waals surface area contributed by atoms with Crippen LogP contribution >= 0.6 is 0 Å². The minimum Gasteiger partial charge on any atom is -0.377 e. The maximum atomic E-state index is 14.5. The van der Waals surface area contributed by atoms with E-state index in [2.05, 4.69) is 21.9 Å². The summed E-state index contributed by atoms with van der Waals surface area (Å²) in [5.74, 6) is -1.51. The zero-order valence-electron chi connectivity index (χ0n) is 16.8. The fraction of sp³-hybridized carbons (Fsp3) is 0.217. The van der Waals surface area contributed by atoms with E-state index in [1.807, 2.05) is 24.3 Å². The number of benzene rings is 2. The topological polar surface area (TPSA) is 63.1 Å². The zero-order chi connectivity index (χ0) is 21.5. The Labute approximate surface area is 176 Å². The van der Waals surface area contributed by atoms with Crippen LogP contribution in [-0.4, -0.2) is 40.6 Å². The van der Waals surface area contributed by atoms with Gasteiger partial charge in [-0.1, -0.05) is 18.2 Å². The monoisotopic (exact) mass is 422 g/mol. The number of rotatable bonds is 3. The number of pyridine rings is 1. The van der Waals surface area contributed by atoms with E-state index in [4.69, 9.17) is 4.74 Å². The summed E-state index contributed by atoms with van der Waals surface area (Å²) in [4.78, 5) is 17.5. The Hall–Kier alpha value is -3.52. The summed E-state index contributed by atoms with van der Waals surface area (Å²) in [6.45, 7) is 4.24. The fourth-order valence-corrected chi connectivity index (χ4v) is 4.06. The first-order valence-corrected chi connectivity index (χ1v) is 10.0. The van der Waals surface area contributed by atoms with E-state index < -0.39 is 11.6 Å². The van der Waals surface area contributed by atoms with Gasteiger partial charge in [0.15, 0.2) is 11.6 Å². The van der Waals surface area contributed by atoms with Crippen molar-refractivity contribution >= 4 is 16.6 Å². The lowest BCUT2D eigenvalue weighted by Crippen LogP contribution is -2.43. The van der Waals surface area contributed by atoms with Gasteiger partial charge in [0.25, 0.3) is 5.56 Å². The Morgan fingerprint density at radius 2 is 1.84 bits per heavy atom. The number of morpholine rings is 1. The normalized spacial score (nSPS) is 16.7. The molecule has 5 rings (SSSR count). The average Bonchev–Trinajstić information content (AvgIpc) is 3.15. The van der Waals surface area contributed by atoms with Gasteiger partial charge in [-0.3, -0.25) is 4.79 Å². The van der Waals surface area contributed by atoms with Gasteiger partial charge in [-0.2, -0.15) is 5.10 Å². The van der Waals surface area contributed by atoms with Crippen LogP contribution in [0.15, 0.2) is 59.5 Å². The largest absolute Gasteiger partial charge is 0.377 e. The fourth-order valence-electron chi connectivity index (χ4n) is 4.06. The SMILES string of the molecule is C[C@@H]1COCCN1c1ccc(-c2nn(-c3c(F)cccc3F)c3cc[nH]c(=O)c23)cc1. The van der Waals surface area contributed by atoms with Gasteiger partial charge in [-0.25, -0.2) is 13.5 Å². The molecule has 1 aliphatic heterocycles. The second-order valence-corrected chi connectivity index (χ2v) is 7.56. The molecule has 0 amide bonds. The van der Waals surface area contributed by atoms with Crippen LogP contribution in [0.5, 0.6) is 0 Å². The molecular weight excluding hydrogens is 402 g/mol. The van der Waals surface area contributed by atoms with Gasteiger partial charge in [-0.15, -0.1) is 0 Å². The molecule has 8 heteroatoms. The molecule has 6 nitrogen and oxygen atoms in total. The summed E-state index contributed by atoms with van der Waals surface area (Å²) in [6, 6.07) is 13.1. The molecule has 2 aromatic heterocycles. The molecule has 0 spiro atoms. The molecule has 1 N–H and O–H groups in total. The Kier molecular flexibility index (Phi) is 4.78. The molecule has 3 heterocycles. The van der Waals surface area contributed by atoms with E-state index in [0.717, 1.165) is 29.0 Å². The minimum atomic E-state index is -0.757. The standard InChI is InChI=1S/C23H20F2N4O2/c1-14-13-31-12-11-28(14)16-7-5-15(6-8-16)21-20-19(9-10-26-23(20)30)29(27-21)22-17(24)3-2-4-18(22)25/h2-10,14H,11-13H2,1H3,(H,26,30)/t14-/m1/s1. The molecule has 0 unspecified atom stereocenters. The number of nitrogens with zero attached hydrogens (tertiary/aromatic N) is 3. The number of hydrogen-bond acceptors (Lipinski definition) is 4. The number of H-pyrrole nitrogens is 1. The molecule has 31 heavy (non-hydrogen) atoms. The lowest BCUT2D eigenvalue weighted by molar-refractivity contribution is 0.0989. The Morgan fingerprint density at radius 3 is 2.55 bits per heavy atom. The van der Waals surface area contributed by atoms with Gasteiger partial charge < -0.3 is 14.6 Å². The van der Waals surface area contributed by atoms with Gasteiger partial charge in [-0.05, 0) is 37.3 Å². The van der Waals surface area contributed by atoms with Gasteiger partial charge >= 0.3 is 0 Å². The number of anilines is 1. The van der Waals surface area contributed by atoms with E-state index in [9.17, 15) is 13.6 Å². The van der Waals surface area contributed by atoms with Gasteiger partial charge in [0.1, 0.15) is 11.4 Å². The molecule has 158 valence electrons. The van der Waals surface area contributed by atoms with Crippen molar-refractivity contribution in [3.05, 3.63) is 76.7 Å². The van der Waals surface area contributed by atoms with Crippen molar-refractivity contribution in [3.8, 4) is 16.9 Å². The number of nitrogens with one attached hydrogen (secondary N) is 1. The van der Waals surface area contributed by atoms with Crippen LogP contribution < -0.4 is 10.5 Å². The van der Waals surface area contributed by atoms with Gasteiger partial charge in [0.05, 0.1) is 24.1 Å². The number of aromatic nitrogens is 3. The molecule has 1 aliphatic rings. The Morgan fingerprint density at radius 1 is 1.10 bits per heavy atom. The second-order valence-electron chi connectivity index (χ2n) is 7.56. The third-order valence-electron chi connectivity index (χ3n) is 5.59. The van der Waals surface area contributed by atoms with Crippen LogP contribution in [0, 0.1) is 11.6 Å². The highest BCUT2D eigenvalue weighted by molar-refractivity contribution is 5.93. The highest BCUT2D eigenvalue weighted by atomic mass is 19.1. The summed E-state index contributed by atoms with van der Waals surface area (Å²) in [6.07, 6.45) is 1.44. The molecule has 0 bridgehead atoms. The van der Waals surface area contributed by atoms with Crippen LogP contribution in [0.4, 0.5) is 14.5 Å². The highest BCUT2D eigenvalue weighted by Gasteiger charge is 2.22. The van der Waals surface area contributed by atoms with Crippen molar-refractivity contribution in [3.63, 3.8) is 0 Å². The third kappa shape index (κ3) is 3.29. The van der Waals surface area contributed by atoms with Crippen LogP contribution in [0.1, 0.15) is 6.92 Å². The van der Waals surface area contributed by atoms with Crippen molar-refractivity contribution in [1.29, 1.82) is 0 Å². The van der Waals surface area contributed by atoms with Crippen molar-refractivity contribution in [2.45, 2.75) is 13.0 Å². The maximum absolute atomic E-state index is 14.5. The van der Waals surface area contributed by atoms with E-state index in [-0.39, 0.29) is 22.7 Å². The predicted molar refractivity (Wildman–Crippen MR) is 115 cm³/mol. The zero-order valence-corrected chi connectivity index (χ0v) is 16.8. The average molecular weight is 422 g/mol. The van der Waals surface area contributed by atoms with Gasteiger partial charge in [0.2, 0.25) is 0 Å². The lowest BCUT2D eigenvalue weighted by atomic mass is 10.1. The second kappa shape index (κ2) is 7.63. The molecule has 1 fully saturated rings.